The largest absolute Gasteiger partial charge is 0.381 e. The molecule has 1 aliphatic carbocycles. The van der Waals surface area contributed by atoms with Gasteiger partial charge in [-0.05, 0) is 37.8 Å². The molecule has 10 heteroatoms. The molecule has 5 N–H and O–H groups in total. The summed E-state index contributed by atoms with van der Waals surface area (Å²) in [7, 11) is 0. The lowest BCUT2D eigenvalue weighted by Crippen LogP contribution is -2.29. The van der Waals surface area contributed by atoms with Crippen LogP contribution in [0, 0.1) is 5.82 Å². The van der Waals surface area contributed by atoms with E-state index in [9.17, 15) is 9.18 Å². The smallest absolute Gasteiger partial charge is 0.312 e. The quantitative estimate of drug-likeness (QED) is 0.139. The Morgan fingerprint density at radius 1 is 1.00 bits per heavy atom. The van der Waals surface area contributed by atoms with E-state index in [1.165, 1.54) is 70.1 Å². The van der Waals surface area contributed by atoms with Crippen LogP contribution in [-0.4, -0.2) is 50.7 Å². The average Bonchev–Trinajstić information content (AvgIpc) is 3.62. The summed E-state index contributed by atoms with van der Waals surface area (Å²) in [4.78, 5) is 29.0. The lowest BCUT2D eigenvalue weighted by molar-refractivity contribution is 0.126. The summed E-state index contributed by atoms with van der Waals surface area (Å²) >= 11 is 0. The van der Waals surface area contributed by atoms with Crippen molar-refractivity contribution >= 4 is 28.1 Å². The molecule has 0 aliphatic heterocycles. The molecule has 4 aromatic heterocycles. The molecule has 1 saturated carbocycles. The highest BCUT2D eigenvalue weighted by atomic mass is 19.1. The first-order valence-electron chi connectivity index (χ1n) is 14.6. The van der Waals surface area contributed by atoms with Gasteiger partial charge < -0.3 is 25.8 Å². The summed E-state index contributed by atoms with van der Waals surface area (Å²) in [5, 5.41) is 4.17. The third kappa shape index (κ3) is 10.9. The Bertz CT molecular complexity index is 1270. The van der Waals surface area contributed by atoms with Crippen molar-refractivity contribution in [2.45, 2.75) is 84.0 Å². The highest BCUT2D eigenvalue weighted by molar-refractivity contribution is 5.92. The van der Waals surface area contributed by atoms with Crippen molar-refractivity contribution in [2.24, 2.45) is 5.73 Å². The van der Waals surface area contributed by atoms with Crippen LogP contribution in [0.1, 0.15) is 88.3 Å². The van der Waals surface area contributed by atoms with E-state index in [2.05, 4.69) is 37.2 Å². The van der Waals surface area contributed by atoms with Gasteiger partial charge in [-0.1, -0.05) is 58.3 Å². The first kappa shape index (κ1) is 31.0. The molecule has 224 valence electrons. The number of primary amides is 1. The Kier molecular flexibility index (Phi) is 13.9. The Morgan fingerprint density at radius 2 is 1.73 bits per heavy atom. The van der Waals surface area contributed by atoms with Gasteiger partial charge in [0.25, 0.3) is 0 Å². The molecule has 9 nitrogen and oxygen atoms in total. The Balaban J connectivity index is 0.000000663. The summed E-state index contributed by atoms with van der Waals surface area (Å²) in [6, 6.07) is 2.89. The molecule has 0 radical (unpaired) electrons. The van der Waals surface area contributed by atoms with Crippen LogP contribution in [0.25, 0.3) is 33.5 Å². The number of aromatic nitrogens is 5. The van der Waals surface area contributed by atoms with Crippen LogP contribution in [0.4, 0.5) is 9.18 Å². The van der Waals surface area contributed by atoms with E-state index in [0.717, 1.165) is 49.1 Å². The minimum Gasteiger partial charge on any atom is -0.381 e. The predicted molar refractivity (Wildman–Crippen MR) is 165 cm³/mol. The zero-order chi connectivity index (χ0) is 28.4. The lowest BCUT2D eigenvalue weighted by Gasteiger charge is -2.05. The number of hydrogen-bond donors (Lipinski definition) is 4. The second kappa shape index (κ2) is 17.9. The number of carbonyl (C=O) groups excluding carboxylic acids is 1. The fourth-order valence-electron chi connectivity index (χ4n) is 4.47. The maximum atomic E-state index is 13.3. The van der Waals surface area contributed by atoms with Crippen LogP contribution < -0.4 is 11.1 Å². The molecule has 1 fully saturated rings. The number of halogens is 1. The number of pyridine rings is 1. The summed E-state index contributed by atoms with van der Waals surface area (Å²) in [6.07, 6.45) is 22.2. The van der Waals surface area contributed by atoms with Crippen LogP contribution >= 0.6 is 0 Å². The van der Waals surface area contributed by atoms with Crippen LogP contribution in [0.2, 0.25) is 0 Å². The number of nitrogens with two attached hydrogens (primary N) is 1. The van der Waals surface area contributed by atoms with Crippen molar-refractivity contribution in [3.63, 3.8) is 0 Å². The van der Waals surface area contributed by atoms with Crippen LogP contribution in [-0.2, 0) is 4.74 Å². The van der Waals surface area contributed by atoms with E-state index in [0.29, 0.717) is 23.4 Å². The van der Waals surface area contributed by atoms with Crippen LogP contribution in [0.5, 0.6) is 0 Å². The molecule has 2 amide bonds. The number of H-pyrrole nitrogens is 2. The Hall–Kier alpha value is -3.53. The molecule has 0 unspecified atom stereocenters. The second-order valence-electron chi connectivity index (χ2n) is 10.0. The number of nitrogens with one attached hydrogen (secondary N) is 3. The van der Waals surface area contributed by atoms with Gasteiger partial charge in [-0.2, -0.15) is 0 Å². The van der Waals surface area contributed by atoms with Crippen molar-refractivity contribution < 1.29 is 18.2 Å². The predicted octanol–water partition coefficient (Wildman–Crippen LogP) is 7.75. The third-order valence-electron chi connectivity index (χ3n) is 6.70. The molecular weight excluding hydrogens is 509 g/mol. The maximum Gasteiger partial charge on any atom is 0.312 e. The number of urea groups is 1. The van der Waals surface area contributed by atoms with E-state index in [-0.39, 0.29) is 10.1 Å². The van der Waals surface area contributed by atoms with Crippen LogP contribution in [0.3, 0.4) is 0 Å². The van der Waals surface area contributed by atoms with Crippen molar-refractivity contribution in [3.05, 3.63) is 42.7 Å². The first-order chi connectivity index (χ1) is 19.6. The summed E-state index contributed by atoms with van der Waals surface area (Å²) in [6.45, 7) is 4.57. The summed E-state index contributed by atoms with van der Waals surface area (Å²) in [5.41, 5.74) is 7.03. The minimum absolute atomic E-state index is 0. The number of ether oxygens (including phenoxy) is 1. The summed E-state index contributed by atoms with van der Waals surface area (Å²) in [5.74, 6) is 0.155. The van der Waals surface area contributed by atoms with Gasteiger partial charge >= 0.3 is 6.03 Å². The van der Waals surface area contributed by atoms with Gasteiger partial charge in [0.1, 0.15) is 17.1 Å². The molecule has 0 saturated heterocycles. The molecule has 0 aromatic carbocycles. The van der Waals surface area contributed by atoms with Crippen molar-refractivity contribution in [1.29, 1.82) is 0 Å². The maximum absolute atomic E-state index is 13.3. The van der Waals surface area contributed by atoms with Gasteiger partial charge in [-0.25, -0.2) is 24.1 Å². The lowest BCUT2D eigenvalue weighted by atomic mass is 10.0. The number of aromatic amines is 2. The number of hydrogen-bond acceptors (Lipinski definition) is 5. The van der Waals surface area contributed by atoms with Crippen molar-refractivity contribution in [1.82, 2.24) is 30.2 Å². The Morgan fingerprint density at radius 3 is 2.42 bits per heavy atom. The second-order valence-corrected chi connectivity index (χ2v) is 10.0. The van der Waals surface area contributed by atoms with E-state index in [1.54, 1.807) is 18.6 Å². The van der Waals surface area contributed by atoms with Gasteiger partial charge in [0.05, 0.1) is 6.20 Å². The molecule has 0 bridgehead atoms. The Labute approximate surface area is 240 Å². The third-order valence-corrected chi connectivity index (χ3v) is 6.70. The monoisotopic (exact) mass is 559 g/mol. The molecule has 0 atom stereocenters. The summed E-state index contributed by atoms with van der Waals surface area (Å²) < 4.78 is 18.7. The number of nitrogens with zero attached hydrogens (tertiary/aromatic N) is 3. The number of rotatable bonds is 11. The molecule has 1 aliphatic rings. The highest BCUT2D eigenvalue weighted by Crippen LogP contribution is 2.26. The van der Waals surface area contributed by atoms with Gasteiger partial charge in [0.15, 0.2) is 5.82 Å². The van der Waals surface area contributed by atoms with Gasteiger partial charge in [-0.15, -0.1) is 0 Å². The SMILES string of the molecule is C1CCCCC1.CCCCCOCCCCCNC(N)=O.Fc1cnc2[nH]cc(-c3ncc4cc[nH]c4n3)c2c1.[HH].[HH].[HH]. The number of carbonyl (C=O) groups is 1. The van der Waals surface area contributed by atoms with E-state index in [4.69, 9.17) is 10.5 Å². The number of fused-ring (bicyclic) bond motifs is 2. The number of amides is 2. The average molecular weight is 560 g/mol. The number of unbranched alkanes of at least 4 members (excludes halogenated alkanes) is 4. The topological polar surface area (TPSA) is 135 Å². The zero-order valence-electron chi connectivity index (χ0n) is 23.7. The van der Waals surface area contributed by atoms with Crippen molar-refractivity contribution in [3.8, 4) is 11.4 Å². The molecule has 4 heterocycles. The first-order valence-corrected chi connectivity index (χ1v) is 14.6. The van der Waals surface area contributed by atoms with E-state index >= 15 is 0 Å². The molecular formula is C30H50FN7O2. The molecule has 5 rings (SSSR count). The molecule has 0 spiro atoms. The highest BCUT2D eigenvalue weighted by Gasteiger charge is 2.11. The molecule has 4 aromatic rings. The van der Waals surface area contributed by atoms with Gasteiger partial charge in [-0.3, -0.25) is 0 Å². The normalized spacial score (nSPS) is 12.8. The van der Waals surface area contributed by atoms with Crippen molar-refractivity contribution in [2.75, 3.05) is 19.8 Å². The fraction of sp³-hybridized carbons (Fsp3) is 0.533. The van der Waals surface area contributed by atoms with Crippen LogP contribution in [0.15, 0.2) is 36.9 Å². The standard InChI is InChI=1S/C13H8FN5.C11H24N2O2.C6H12.3H2/c14-8-3-9-10(6-18-12(9)17-5-8)13-16-4-7-1-2-15-11(7)19-13;1-2-3-6-9-15-10-7-4-5-8-13-11(12)14;1-2-4-6-5-3-1;;;/h1-6H,(H,17,18)(H,15,16,19);2-10H2,1H3,(H3,12,13,14);1-6H2;3*1H. The minimum atomic E-state index is -0.439. The van der Waals surface area contributed by atoms with Gasteiger partial charge in [0.2, 0.25) is 0 Å². The van der Waals surface area contributed by atoms with Gasteiger partial charge in [0, 0.05) is 59.0 Å². The zero-order valence-corrected chi connectivity index (χ0v) is 23.7. The fourth-order valence-corrected chi connectivity index (χ4v) is 4.47. The van der Waals surface area contributed by atoms with E-state index in [1.807, 2.05) is 6.07 Å². The molecule has 40 heavy (non-hydrogen) atoms. The van der Waals surface area contributed by atoms with E-state index < -0.39 is 6.03 Å².